The van der Waals surface area contributed by atoms with Crippen molar-refractivity contribution < 1.29 is 9.50 Å². The van der Waals surface area contributed by atoms with Gasteiger partial charge < -0.3 is 0 Å². The molecule has 1 heterocycles. The first-order valence-corrected chi connectivity index (χ1v) is 4.98. The Morgan fingerprint density at radius 2 is 2.47 bits per heavy atom. The summed E-state index contributed by atoms with van der Waals surface area (Å²) < 4.78 is 10.1. The molecule has 1 fully saturated rings. The van der Waals surface area contributed by atoms with Crippen LogP contribution in [0.25, 0.3) is 0 Å². The van der Waals surface area contributed by atoms with E-state index in [4.69, 9.17) is 6.42 Å². The molecule has 1 rings (SSSR count). The molecule has 78 valence electrons. The number of carbonyl (C=O) groups excluding carboxylic acids is 1. The van der Waals surface area contributed by atoms with Crippen LogP contribution in [-0.2, 0) is 9.50 Å². The molecule has 4 nitrogen and oxygen atoms in total. The molecule has 0 spiro atoms. The predicted molar refractivity (Wildman–Crippen MR) is 58.0 cm³/mol. The van der Waals surface area contributed by atoms with Crippen LogP contribution < -0.4 is 0 Å². The molecule has 1 atom stereocenters. The van der Waals surface area contributed by atoms with Crippen molar-refractivity contribution in [1.82, 2.24) is 4.90 Å². The van der Waals surface area contributed by atoms with Crippen LogP contribution >= 0.6 is 0 Å². The normalized spacial score (nSPS) is 22.2. The molecular weight excluding hydrogens is 191 g/mol. The third-order valence-corrected chi connectivity index (χ3v) is 2.36. The van der Waals surface area contributed by atoms with Gasteiger partial charge in [-0.15, -0.1) is 0 Å². The van der Waals surface area contributed by atoms with Crippen LogP contribution in [0.15, 0.2) is 4.99 Å². The molecule has 0 aromatic rings. The van der Waals surface area contributed by atoms with Crippen LogP contribution in [0.5, 0.6) is 0 Å². The van der Waals surface area contributed by atoms with Gasteiger partial charge in [0.05, 0.1) is 0 Å². The fourth-order valence-corrected chi connectivity index (χ4v) is 1.63. The van der Waals surface area contributed by atoms with Gasteiger partial charge in [0.2, 0.25) is 0 Å². The molecular formula is C10H13BN2O2. The van der Waals surface area contributed by atoms with Crippen molar-refractivity contribution >= 4 is 19.2 Å². The summed E-state index contributed by atoms with van der Waals surface area (Å²) in [7, 11) is 0.587. The van der Waals surface area contributed by atoms with Gasteiger partial charge in [-0.2, -0.15) is 0 Å². The van der Waals surface area contributed by atoms with Gasteiger partial charge in [-0.25, -0.2) is 0 Å². The Bertz CT molecular complexity index is 309. The van der Waals surface area contributed by atoms with E-state index in [1.54, 1.807) is 4.90 Å². The number of nitrogens with zero attached hydrogens (tertiary/aromatic N) is 2. The zero-order chi connectivity index (χ0) is 11.1. The van der Waals surface area contributed by atoms with Gasteiger partial charge in [0.15, 0.2) is 0 Å². The Kier molecular flexibility index (Phi) is 4.75. The van der Waals surface area contributed by atoms with Gasteiger partial charge >= 0.3 is 89.3 Å². The number of likely N-dealkylation sites (tertiary alicyclic amines) is 1. The molecule has 0 aliphatic carbocycles. The fraction of sp³-hybridized carbons (Fsp3) is 0.600. The second-order valence-electron chi connectivity index (χ2n) is 3.41. The van der Waals surface area contributed by atoms with Gasteiger partial charge in [-0.05, 0) is 0 Å². The molecule has 0 saturated carbocycles. The van der Waals surface area contributed by atoms with Gasteiger partial charge in [-0.1, -0.05) is 0 Å². The van der Waals surface area contributed by atoms with Crippen molar-refractivity contribution in [2.24, 2.45) is 4.99 Å². The standard InChI is InChI=1S/C10H13BN2O2/c1-2-6-13-7-4-3-5-9(10(13)14)12-8-11-15/h1,8-9H,3-7H2. The van der Waals surface area contributed by atoms with Gasteiger partial charge in [0.25, 0.3) is 0 Å². The number of hydrogen-bond acceptors (Lipinski definition) is 3. The average molecular weight is 204 g/mol. The minimum absolute atomic E-state index is 0.0662. The van der Waals surface area contributed by atoms with Crippen LogP contribution in [0.1, 0.15) is 19.3 Å². The summed E-state index contributed by atoms with van der Waals surface area (Å²) in [5, 5.41) is 0. The Labute approximate surface area is 90.0 Å². The Hall–Kier alpha value is -1.44. The zero-order valence-electron chi connectivity index (χ0n) is 8.56. The molecule has 15 heavy (non-hydrogen) atoms. The van der Waals surface area contributed by atoms with E-state index in [0.717, 1.165) is 19.0 Å². The molecule has 0 bridgehead atoms. The van der Waals surface area contributed by atoms with Crippen molar-refractivity contribution in [3.05, 3.63) is 0 Å². The van der Waals surface area contributed by atoms with E-state index < -0.39 is 6.04 Å². The number of amides is 1. The Morgan fingerprint density at radius 3 is 3.13 bits per heavy atom. The number of terminal acetylenes is 1. The molecule has 1 unspecified atom stereocenters. The second-order valence-corrected chi connectivity index (χ2v) is 3.41. The summed E-state index contributed by atoms with van der Waals surface area (Å²) in [6.07, 6.45) is 8.90. The maximum absolute atomic E-state index is 11.8. The number of aliphatic imine (C=N–C) groups is 1. The predicted octanol–water partition coefficient (Wildman–Crippen LogP) is 0.0787. The number of rotatable bonds is 3. The molecule has 0 radical (unpaired) electrons. The second kappa shape index (κ2) is 6.12. The van der Waals surface area contributed by atoms with Crippen molar-refractivity contribution in [3.63, 3.8) is 0 Å². The van der Waals surface area contributed by atoms with Crippen molar-refractivity contribution in [2.45, 2.75) is 25.3 Å². The molecule has 0 N–H and O–H groups in total. The van der Waals surface area contributed by atoms with Crippen molar-refractivity contribution in [2.75, 3.05) is 13.1 Å². The monoisotopic (exact) mass is 204 g/mol. The van der Waals surface area contributed by atoms with E-state index in [-0.39, 0.29) is 5.91 Å². The molecule has 5 heteroatoms. The van der Waals surface area contributed by atoms with E-state index in [1.165, 1.54) is 0 Å². The number of hydrogen-bond donors (Lipinski definition) is 0. The summed E-state index contributed by atoms with van der Waals surface area (Å²) in [6, 6.07) is -0.425. The summed E-state index contributed by atoms with van der Waals surface area (Å²) in [5.74, 6) is 2.39. The molecule has 0 aromatic heterocycles. The molecule has 1 aliphatic heterocycles. The van der Waals surface area contributed by atoms with Gasteiger partial charge in [0.1, 0.15) is 0 Å². The third kappa shape index (κ3) is 3.32. The quantitative estimate of drug-likeness (QED) is 0.371. The van der Waals surface area contributed by atoms with E-state index in [1.807, 2.05) is 0 Å². The minimum atomic E-state index is -0.425. The summed E-state index contributed by atoms with van der Waals surface area (Å²) in [4.78, 5) is 17.4. The number of carbonyl (C=O) groups is 1. The summed E-state index contributed by atoms with van der Waals surface area (Å²) in [5.41, 5.74) is 0. The first kappa shape index (κ1) is 11.6. The van der Waals surface area contributed by atoms with Crippen molar-refractivity contribution in [1.29, 1.82) is 0 Å². The van der Waals surface area contributed by atoms with E-state index in [9.17, 15) is 9.50 Å². The molecule has 1 saturated heterocycles. The van der Waals surface area contributed by atoms with E-state index >= 15 is 0 Å². The van der Waals surface area contributed by atoms with Crippen LogP contribution in [-0.4, -0.2) is 43.2 Å². The van der Waals surface area contributed by atoms with Crippen LogP contribution in [0.3, 0.4) is 0 Å². The SMILES string of the molecule is C#CCN1CCCCC(N=CB=O)C1=O. The molecule has 1 aliphatic rings. The molecule has 0 aromatic carbocycles. The first-order valence-electron chi connectivity index (χ1n) is 4.98. The Balaban J connectivity index is 2.70. The third-order valence-electron chi connectivity index (χ3n) is 2.36. The van der Waals surface area contributed by atoms with Crippen LogP contribution in [0.4, 0.5) is 0 Å². The van der Waals surface area contributed by atoms with Gasteiger partial charge in [-0.3, -0.25) is 0 Å². The van der Waals surface area contributed by atoms with Crippen molar-refractivity contribution in [3.8, 4) is 12.3 Å². The van der Waals surface area contributed by atoms with Crippen LogP contribution in [0, 0.1) is 12.3 Å². The molecule has 1 amide bonds. The topological polar surface area (TPSA) is 49.7 Å². The van der Waals surface area contributed by atoms with Gasteiger partial charge in [0, 0.05) is 0 Å². The van der Waals surface area contributed by atoms with E-state index in [2.05, 4.69) is 10.9 Å². The first-order chi connectivity index (χ1) is 7.29. The fourth-order valence-electron chi connectivity index (χ4n) is 1.63. The van der Waals surface area contributed by atoms with Crippen LogP contribution in [0.2, 0.25) is 0 Å². The zero-order valence-corrected chi connectivity index (χ0v) is 8.56. The van der Waals surface area contributed by atoms with E-state index in [0.29, 0.717) is 26.7 Å². The maximum atomic E-state index is 11.8. The average Bonchev–Trinajstić information content (AvgIpc) is 2.41. The Morgan fingerprint density at radius 1 is 1.67 bits per heavy atom. The summed E-state index contributed by atoms with van der Waals surface area (Å²) in [6.45, 7) is 1.02. The summed E-state index contributed by atoms with van der Waals surface area (Å²) >= 11 is 0.